The summed E-state index contributed by atoms with van der Waals surface area (Å²) in [6.07, 6.45) is 4.51. The molecule has 0 radical (unpaired) electrons. The fourth-order valence-electron chi connectivity index (χ4n) is 2.70. The predicted octanol–water partition coefficient (Wildman–Crippen LogP) is 3.05. The molecule has 5 nitrogen and oxygen atoms in total. The average Bonchev–Trinajstić information content (AvgIpc) is 3.08. The lowest BCUT2D eigenvalue weighted by Gasteiger charge is -2.29. The van der Waals surface area contributed by atoms with Crippen LogP contribution in [0.3, 0.4) is 0 Å². The lowest BCUT2D eigenvalue weighted by atomic mass is 9.81. The Kier molecular flexibility index (Phi) is 3.30. The van der Waals surface area contributed by atoms with Crippen LogP contribution in [-0.2, 0) is 4.74 Å². The fourth-order valence-corrected chi connectivity index (χ4v) is 2.70. The van der Waals surface area contributed by atoms with Gasteiger partial charge < -0.3 is 9.26 Å². The van der Waals surface area contributed by atoms with Crippen LogP contribution in [0.1, 0.15) is 38.9 Å². The first kappa shape index (κ1) is 13.2. The van der Waals surface area contributed by atoms with E-state index < -0.39 is 0 Å². The highest BCUT2D eigenvalue weighted by molar-refractivity contribution is 5.50. The molecule has 3 rings (SSSR count). The maximum absolute atomic E-state index is 5.87. The van der Waals surface area contributed by atoms with E-state index in [2.05, 4.69) is 35.9 Å². The van der Waals surface area contributed by atoms with Crippen LogP contribution < -0.4 is 0 Å². The van der Waals surface area contributed by atoms with Crippen LogP contribution in [0.2, 0.25) is 0 Å². The molecule has 106 valence electrons. The summed E-state index contributed by atoms with van der Waals surface area (Å²) in [5.41, 5.74) is 0.911. The molecule has 5 heteroatoms. The van der Waals surface area contributed by atoms with E-state index in [1.54, 1.807) is 12.4 Å². The molecule has 2 aromatic heterocycles. The minimum atomic E-state index is 0.0657. The number of nitrogens with zero attached hydrogens (tertiary/aromatic N) is 3. The van der Waals surface area contributed by atoms with Gasteiger partial charge in [-0.15, -0.1) is 0 Å². The summed E-state index contributed by atoms with van der Waals surface area (Å²) in [5.74, 6) is 1.46. The summed E-state index contributed by atoms with van der Waals surface area (Å²) >= 11 is 0. The summed E-state index contributed by atoms with van der Waals surface area (Å²) < 4.78 is 11.2. The lowest BCUT2D eigenvalue weighted by molar-refractivity contribution is 0.0193. The van der Waals surface area contributed by atoms with Gasteiger partial charge in [-0.3, -0.25) is 4.98 Å². The Hall–Kier alpha value is -1.75. The zero-order chi connectivity index (χ0) is 14.2. The lowest BCUT2D eigenvalue weighted by Crippen LogP contribution is -2.30. The molecule has 0 bridgehead atoms. The molecule has 0 spiro atoms. The maximum atomic E-state index is 5.87. The van der Waals surface area contributed by atoms with E-state index in [0.717, 1.165) is 24.4 Å². The largest absolute Gasteiger partial charge is 0.377 e. The highest BCUT2D eigenvalue weighted by Crippen LogP contribution is 2.40. The van der Waals surface area contributed by atoms with Gasteiger partial charge in [0.05, 0.1) is 17.6 Å². The second-order valence-corrected chi connectivity index (χ2v) is 6.25. The third-order valence-corrected chi connectivity index (χ3v) is 3.63. The van der Waals surface area contributed by atoms with E-state index in [9.17, 15) is 0 Å². The van der Waals surface area contributed by atoms with E-state index >= 15 is 0 Å². The summed E-state index contributed by atoms with van der Waals surface area (Å²) in [7, 11) is 0. The monoisotopic (exact) mass is 273 g/mol. The SMILES string of the molecule is CC(C)(C)[C@@H]1OCC[C@H]1c1noc(-c2cccnc2)n1. The van der Waals surface area contributed by atoms with E-state index in [-0.39, 0.29) is 17.4 Å². The molecule has 0 aromatic carbocycles. The van der Waals surface area contributed by atoms with Crippen molar-refractivity contribution in [2.45, 2.75) is 39.2 Å². The molecule has 0 N–H and O–H groups in total. The summed E-state index contributed by atoms with van der Waals surface area (Å²) in [6, 6.07) is 3.77. The quantitative estimate of drug-likeness (QED) is 0.841. The van der Waals surface area contributed by atoms with Crippen molar-refractivity contribution in [1.29, 1.82) is 0 Å². The molecule has 0 aliphatic carbocycles. The molecule has 0 amide bonds. The zero-order valence-corrected chi connectivity index (χ0v) is 12.0. The van der Waals surface area contributed by atoms with Gasteiger partial charge in [0, 0.05) is 19.0 Å². The number of hydrogen-bond donors (Lipinski definition) is 0. The number of ether oxygens (including phenoxy) is 1. The van der Waals surface area contributed by atoms with Gasteiger partial charge in [-0.1, -0.05) is 25.9 Å². The van der Waals surface area contributed by atoms with Gasteiger partial charge in [0.1, 0.15) is 0 Å². The Morgan fingerprint density at radius 2 is 2.15 bits per heavy atom. The molecule has 2 atom stereocenters. The molecule has 2 aromatic rings. The van der Waals surface area contributed by atoms with Crippen LogP contribution in [0.15, 0.2) is 29.0 Å². The van der Waals surface area contributed by atoms with Gasteiger partial charge in [-0.25, -0.2) is 0 Å². The van der Waals surface area contributed by atoms with Crippen molar-refractivity contribution in [1.82, 2.24) is 15.1 Å². The molecular formula is C15H19N3O2. The van der Waals surface area contributed by atoms with E-state index in [1.165, 1.54) is 0 Å². The molecule has 1 aliphatic rings. The van der Waals surface area contributed by atoms with Crippen molar-refractivity contribution in [3.8, 4) is 11.5 Å². The van der Waals surface area contributed by atoms with Gasteiger partial charge in [0.15, 0.2) is 5.82 Å². The fraction of sp³-hybridized carbons (Fsp3) is 0.533. The van der Waals surface area contributed by atoms with Gasteiger partial charge in [0.25, 0.3) is 5.89 Å². The van der Waals surface area contributed by atoms with Crippen LogP contribution in [0.25, 0.3) is 11.5 Å². The van der Waals surface area contributed by atoms with E-state index in [0.29, 0.717) is 5.89 Å². The number of hydrogen-bond acceptors (Lipinski definition) is 5. The van der Waals surface area contributed by atoms with E-state index in [1.807, 2.05) is 12.1 Å². The van der Waals surface area contributed by atoms with Crippen LogP contribution in [0.5, 0.6) is 0 Å². The van der Waals surface area contributed by atoms with Crippen molar-refractivity contribution in [2.75, 3.05) is 6.61 Å². The number of pyridine rings is 1. The number of aromatic nitrogens is 3. The minimum Gasteiger partial charge on any atom is -0.377 e. The Balaban J connectivity index is 1.87. The second-order valence-electron chi connectivity index (χ2n) is 6.25. The Bertz CT molecular complexity index is 574. The highest BCUT2D eigenvalue weighted by atomic mass is 16.5. The predicted molar refractivity (Wildman–Crippen MR) is 74.1 cm³/mol. The second kappa shape index (κ2) is 4.98. The molecule has 1 aliphatic heterocycles. The van der Waals surface area contributed by atoms with Gasteiger partial charge >= 0.3 is 0 Å². The molecule has 3 heterocycles. The van der Waals surface area contributed by atoms with Crippen LogP contribution in [-0.4, -0.2) is 27.8 Å². The molecule has 0 unspecified atom stereocenters. The van der Waals surface area contributed by atoms with Crippen molar-refractivity contribution in [3.05, 3.63) is 30.4 Å². The Morgan fingerprint density at radius 1 is 1.30 bits per heavy atom. The average molecular weight is 273 g/mol. The first-order valence-electron chi connectivity index (χ1n) is 6.91. The molecule has 1 fully saturated rings. The molecule has 20 heavy (non-hydrogen) atoms. The first-order valence-corrected chi connectivity index (χ1v) is 6.91. The van der Waals surface area contributed by atoms with Crippen LogP contribution >= 0.6 is 0 Å². The topological polar surface area (TPSA) is 61.0 Å². The normalized spacial score (nSPS) is 23.1. The first-order chi connectivity index (χ1) is 9.55. The Morgan fingerprint density at radius 3 is 2.85 bits per heavy atom. The van der Waals surface area contributed by atoms with Gasteiger partial charge in [-0.2, -0.15) is 4.98 Å². The third-order valence-electron chi connectivity index (χ3n) is 3.63. The minimum absolute atomic E-state index is 0.0657. The van der Waals surface area contributed by atoms with Gasteiger partial charge in [0.2, 0.25) is 0 Å². The molecule has 1 saturated heterocycles. The molecule has 0 saturated carbocycles. The highest BCUT2D eigenvalue weighted by Gasteiger charge is 2.40. The van der Waals surface area contributed by atoms with Crippen molar-refractivity contribution in [2.24, 2.45) is 5.41 Å². The molecular weight excluding hydrogens is 254 g/mol. The number of rotatable bonds is 2. The third kappa shape index (κ3) is 2.45. The maximum Gasteiger partial charge on any atom is 0.259 e. The Labute approximate surface area is 118 Å². The standard InChI is InChI=1S/C15H19N3O2/c1-15(2,3)12-11(6-8-19-12)13-17-14(20-18-13)10-5-4-7-16-9-10/h4-5,7,9,11-12H,6,8H2,1-3H3/t11-,12-/m1/s1. The van der Waals surface area contributed by atoms with Crippen LogP contribution in [0.4, 0.5) is 0 Å². The van der Waals surface area contributed by atoms with Crippen molar-refractivity contribution in [3.63, 3.8) is 0 Å². The smallest absolute Gasteiger partial charge is 0.259 e. The van der Waals surface area contributed by atoms with Crippen molar-refractivity contribution < 1.29 is 9.26 Å². The summed E-state index contributed by atoms with van der Waals surface area (Å²) in [4.78, 5) is 8.60. The summed E-state index contributed by atoms with van der Waals surface area (Å²) in [6.45, 7) is 7.29. The summed E-state index contributed by atoms with van der Waals surface area (Å²) in [5, 5.41) is 4.14. The van der Waals surface area contributed by atoms with Gasteiger partial charge in [-0.05, 0) is 24.0 Å². The van der Waals surface area contributed by atoms with E-state index in [4.69, 9.17) is 9.26 Å². The zero-order valence-electron chi connectivity index (χ0n) is 12.0. The van der Waals surface area contributed by atoms with Crippen molar-refractivity contribution >= 4 is 0 Å². The van der Waals surface area contributed by atoms with Crippen LogP contribution in [0, 0.1) is 5.41 Å².